The Bertz CT molecular complexity index is 995. The molecule has 0 bridgehead atoms. The molecule has 0 aliphatic carbocycles. The van der Waals surface area contributed by atoms with Gasteiger partial charge in [-0.15, -0.1) is 0 Å². The van der Waals surface area contributed by atoms with Gasteiger partial charge < -0.3 is 18.6 Å². The van der Waals surface area contributed by atoms with E-state index in [1.807, 2.05) is 0 Å². The molecule has 3 rings (SSSR count). The van der Waals surface area contributed by atoms with Gasteiger partial charge >= 0.3 is 6.18 Å². The highest BCUT2D eigenvalue weighted by Gasteiger charge is 2.30. The molecule has 1 aromatic carbocycles. The van der Waals surface area contributed by atoms with Crippen molar-refractivity contribution in [3.63, 3.8) is 0 Å². The molecule has 26 heavy (non-hydrogen) atoms. The minimum atomic E-state index is -4.42. The number of ether oxygens (including phenoxy) is 2. The van der Waals surface area contributed by atoms with Crippen molar-refractivity contribution in [1.82, 2.24) is 14.7 Å². The van der Waals surface area contributed by atoms with Crippen LogP contribution in [-0.4, -0.2) is 35.1 Å². The predicted molar refractivity (Wildman–Crippen MR) is 84.5 cm³/mol. The molecule has 3 aromatic rings. The van der Waals surface area contributed by atoms with E-state index >= 15 is 0 Å². The van der Waals surface area contributed by atoms with Gasteiger partial charge in [0.15, 0.2) is 11.3 Å². The van der Waals surface area contributed by atoms with Crippen molar-refractivity contribution in [3.8, 4) is 11.5 Å². The van der Waals surface area contributed by atoms with Gasteiger partial charge in [0.1, 0.15) is 24.5 Å². The van der Waals surface area contributed by atoms with Crippen LogP contribution in [-0.2, 0) is 13.0 Å². The Hall–Kier alpha value is -3.04. The number of hydrogen-bond donors (Lipinski definition) is 0. The Morgan fingerprint density at radius 1 is 1.23 bits per heavy atom. The van der Waals surface area contributed by atoms with E-state index in [1.165, 1.54) is 26.5 Å². The predicted octanol–water partition coefficient (Wildman–Crippen LogP) is 2.55. The topological polar surface area (TPSA) is 79.4 Å². The molecule has 0 unspecified atom stereocenters. The third kappa shape index (κ3) is 3.63. The van der Waals surface area contributed by atoms with Gasteiger partial charge in [0.2, 0.25) is 5.89 Å². The van der Waals surface area contributed by atoms with Crippen LogP contribution in [0.3, 0.4) is 0 Å². The van der Waals surface area contributed by atoms with Gasteiger partial charge in [-0.1, -0.05) is 5.16 Å². The first-order chi connectivity index (χ1) is 12.3. The summed E-state index contributed by atoms with van der Waals surface area (Å²) in [6.07, 6.45) is -4.22. The van der Waals surface area contributed by atoms with Crippen molar-refractivity contribution < 1.29 is 27.2 Å². The zero-order valence-electron chi connectivity index (χ0n) is 13.8. The van der Waals surface area contributed by atoms with E-state index in [1.54, 1.807) is 16.7 Å². The maximum absolute atomic E-state index is 12.4. The third-order valence-electron chi connectivity index (χ3n) is 3.65. The highest BCUT2D eigenvalue weighted by molar-refractivity contribution is 5.87. The molecule has 0 aliphatic heterocycles. The number of methoxy groups -OCH3 is 2. The Morgan fingerprint density at radius 2 is 2.00 bits per heavy atom. The minimum Gasteiger partial charge on any atom is -0.497 e. The fraction of sp³-hybridized carbons (Fsp3) is 0.312. The quantitative estimate of drug-likeness (QED) is 0.688. The van der Waals surface area contributed by atoms with Gasteiger partial charge in [-0.25, -0.2) is 0 Å². The van der Waals surface area contributed by atoms with Crippen LogP contribution in [0.5, 0.6) is 11.5 Å². The fourth-order valence-corrected chi connectivity index (χ4v) is 2.54. The lowest BCUT2D eigenvalue weighted by atomic mass is 10.1. The number of fused-ring (bicyclic) bond motifs is 1. The summed E-state index contributed by atoms with van der Waals surface area (Å²) in [7, 11) is 2.89. The van der Waals surface area contributed by atoms with E-state index < -0.39 is 18.4 Å². The van der Waals surface area contributed by atoms with Gasteiger partial charge in [-0.05, 0) is 0 Å². The largest absolute Gasteiger partial charge is 0.497 e. The lowest BCUT2D eigenvalue weighted by Gasteiger charge is -2.12. The molecule has 0 radical (unpaired) electrons. The third-order valence-corrected chi connectivity index (χ3v) is 3.65. The van der Waals surface area contributed by atoms with E-state index in [0.29, 0.717) is 22.4 Å². The van der Waals surface area contributed by atoms with Crippen LogP contribution in [0.25, 0.3) is 10.9 Å². The van der Waals surface area contributed by atoms with Gasteiger partial charge in [0.25, 0.3) is 0 Å². The highest BCUT2D eigenvalue weighted by Crippen LogP contribution is 2.29. The molecule has 0 saturated heterocycles. The first-order valence-corrected chi connectivity index (χ1v) is 7.44. The molecule has 0 atom stereocenters. The monoisotopic (exact) mass is 369 g/mol. The van der Waals surface area contributed by atoms with Crippen LogP contribution >= 0.6 is 0 Å². The molecular weight excluding hydrogens is 355 g/mol. The minimum absolute atomic E-state index is 0.0159. The van der Waals surface area contributed by atoms with E-state index in [2.05, 4.69) is 10.1 Å². The summed E-state index contributed by atoms with van der Waals surface area (Å²) < 4.78 is 54.1. The first-order valence-electron chi connectivity index (χ1n) is 7.44. The summed E-state index contributed by atoms with van der Waals surface area (Å²) in [5, 5.41) is 3.64. The maximum atomic E-state index is 12.4. The number of hydrogen-bond acceptors (Lipinski definition) is 6. The Balaban J connectivity index is 2.03. The number of benzene rings is 1. The van der Waals surface area contributed by atoms with Crippen LogP contribution < -0.4 is 14.9 Å². The average molecular weight is 369 g/mol. The summed E-state index contributed by atoms with van der Waals surface area (Å²) in [6.45, 7) is -0.0159. The van der Waals surface area contributed by atoms with Crippen molar-refractivity contribution in [1.29, 1.82) is 0 Å². The van der Waals surface area contributed by atoms with Crippen molar-refractivity contribution in [2.24, 2.45) is 0 Å². The second-order valence-corrected chi connectivity index (χ2v) is 5.43. The van der Waals surface area contributed by atoms with E-state index in [4.69, 9.17) is 14.0 Å². The number of alkyl halides is 3. The SMILES string of the molecule is COc1cc(OC)c2c(=O)ccn(Cc3nc(CC(F)(F)F)no3)c2c1. The Labute approximate surface area is 144 Å². The van der Waals surface area contributed by atoms with Crippen LogP contribution in [0.2, 0.25) is 0 Å². The van der Waals surface area contributed by atoms with Crippen LogP contribution in [0.1, 0.15) is 11.7 Å². The van der Waals surface area contributed by atoms with E-state index in [-0.39, 0.29) is 17.9 Å². The van der Waals surface area contributed by atoms with Gasteiger partial charge in [0, 0.05) is 24.4 Å². The van der Waals surface area contributed by atoms with Crippen LogP contribution in [0.4, 0.5) is 13.2 Å². The molecule has 2 aromatic heterocycles. The van der Waals surface area contributed by atoms with E-state index in [0.717, 1.165) is 0 Å². The lowest BCUT2D eigenvalue weighted by molar-refractivity contribution is -0.128. The summed E-state index contributed by atoms with van der Waals surface area (Å²) in [6, 6.07) is 4.51. The standard InChI is InChI=1S/C16H14F3N3O4/c1-24-9-5-10-15(12(6-9)25-2)11(23)3-4-22(10)8-14-20-13(21-26-14)7-16(17,18)19/h3-6H,7-8H2,1-2H3. The maximum Gasteiger partial charge on any atom is 0.396 e. The first kappa shape index (κ1) is 17.8. The van der Waals surface area contributed by atoms with Crippen LogP contribution in [0, 0.1) is 0 Å². The highest BCUT2D eigenvalue weighted by atomic mass is 19.4. The average Bonchev–Trinajstić information content (AvgIpc) is 3.01. The second kappa shape index (κ2) is 6.70. The molecular formula is C16H14F3N3O4. The molecule has 10 heteroatoms. The zero-order valence-corrected chi connectivity index (χ0v) is 13.8. The second-order valence-electron chi connectivity index (χ2n) is 5.43. The summed E-state index contributed by atoms with van der Waals surface area (Å²) in [5.74, 6) is 0.308. The molecule has 0 fully saturated rings. The molecule has 138 valence electrons. The number of aromatic nitrogens is 3. The summed E-state index contributed by atoms with van der Waals surface area (Å²) in [5.41, 5.74) is 0.198. The Morgan fingerprint density at radius 3 is 2.65 bits per heavy atom. The Kier molecular flexibility index (Phi) is 4.58. The van der Waals surface area contributed by atoms with Crippen molar-refractivity contribution in [3.05, 3.63) is 46.3 Å². The molecule has 7 nitrogen and oxygen atoms in total. The number of halogens is 3. The fourth-order valence-electron chi connectivity index (χ4n) is 2.54. The normalized spacial score (nSPS) is 11.7. The number of nitrogens with zero attached hydrogens (tertiary/aromatic N) is 3. The molecule has 0 saturated carbocycles. The number of pyridine rings is 1. The van der Waals surface area contributed by atoms with Crippen molar-refractivity contribution in [2.75, 3.05) is 14.2 Å². The molecule has 0 spiro atoms. The number of rotatable bonds is 5. The van der Waals surface area contributed by atoms with Crippen molar-refractivity contribution in [2.45, 2.75) is 19.1 Å². The van der Waals surface area contributed by atoms with Crippen molar-refractivity contribution >= 4 is 10.9 Å². The molecule has 2 heterocycles. The summed E-state index contributed by atoms with van der Waals surface area (Å²) in [4.78, 5) is 16.0. The summed E-state index contributed by atoms with van der Waals surface area (Å²) >= 11 is 0. The zero-order chi connectivity index (χ0) is 18.9. The molecule has 0 aliphatic rings. The lowest BCUT2D eigenvalue weighted by Crippen LogP contribution is -2.13. The molecule has 0 amide bonds. The van der Waals surface area contributed by atoms with Gasteiger partial charge in [-0.3, -0.25) is 4.79 Å². The van der Waals surface area contributed by atoms with Gasteiger partial charge in [-0.2, -0.15) is 18.2 Å². The van der Waals surface area contributed by atoms with Crippen LogP contribution in [0.15, 0.2) is 33.7 Å². The van der Waals surface area contributed by atoms with Gasteiger partial charge in [0.05, 0.1) is 25.1 Å². The van der Waals surface area contributed by atoms with E-state index in [9.17, 15) is 18.0 Å². The molecule has 0 N–H and O–H groups in total. The smallest absolute Gasteiger partial charge is 0.396 e.